The highest BCUT2D eigenvalue weighted by Crippen LogP contribution is 2.31. The zero-order valence-corrected chi connectivity index (χ0v) is 11.8. The lowest BCUT2D eigenvalue weighted by molar-refractivity contribution is 0.671. The van der Waals surface area contributed by atoms with Gasteiger partial charge in [0.25, 0.3) is 0 Å². The topological polar surface area (TPSA) is 53.6 Å². The fourth-order valence-electron chi connectivity index (χ4n) is 2.83. The fourth-order valence-corrected chi connectivity index (χ4v) is 2.83. The smallest absolute Gasteiger partial charge is 0.153 e. The molecular formula is C16H22N4. The van der Waals surface area contributed by atoms with Crippen molar-refractivity contribution in [2.24, 2.45) is 0 Å². The van der Waals surface area contributed by atoms with Gasteiger partial charge >= 0.3 is 0 Å². The summed E-state index contributed by atoms with van der Waals surface area (Å²) in [5.41, 5.74) is 1.18. The molecule has 1 heterocycles. The van der Waals surface area contributed by atoms with Gasteiger partial charge in [-0.1, -0.05) is 31.0 Å². The van der Waals surface area contributed by atoms with Gasteiger partial charge in [0.1, 0.15) is 5.82 Å². The third-order valence-corrected chi connectivity index (χ3v) is 3.96. The summed E-state index contributed by atoms with van der Waals surface area (Å²) in [7, 11) is 0. The summed E-state index contributed by atoms with van der Waals surface area (Å²) in [6, 6.07) is 10.3. The number of benzene rings is 1. The number of para-hydroxylation sites is 1. The Morgan fingerprint density at radius 1 is 1.15 bits per heavy atom. The molecule has 0 spiro atoms. The van der Waals surface area contributed by atoms with E-state index in [1.54, 1.807) is 0 Å². The van der Waals surface area contributed by atoms with E-state index in [1.807, 2.05) is 18.2 Å². The Labute approximate surface area is 120 Å². The summed E-state index contributed by atoms with van der Waals surface area (Å²) in [6.45, 7) is 0.962. The number of hydrogen-bond acceptors (Lipinski definition) is 3. The van der Waals surface area contributed by atoms with Gasteiger partial charge in [0.05, 0.1) is 0 Å². The molecule has 0 radical (unpaired) electrons. The number of aromatic amines is 1. The SMILES string of the molecule is c1ccc(NCCCc2nc(C3CCCC3)n[nH]2)cc1. The van der Waals surface area contributed by atoms with Crippen LogP contribution in [0.25, 0.3) is 0 Å². The molecule has 0 unspecified atom stereocenters. The Balaban J connectivity index is 1.42. The van der Waals surface area contributed by atoms with Crippen molar-refractivity contribution < 1.29 is 0 Å². The van der Waals surface area contributed by atoms with Crippen LogP contribution < -0.4 is 5.32 Å². The number of aromatic nitrogens is 3. The zero-order valence-electron chi connectivity index (χ0n) is 11.8. The van der Waals surface area contributed by atoms with Crippen LogP contribution >= 0.6 is 0 Å². The van der Waals surface area contributed by atoms with Crippen LogP contribution in [-0.4, -0.2) is 21.7 Å². The van der Waals surface area contributed by atoms with Gasteiger partial charge < -0.3 is 5.32 Å². The predicted molar refractivity (Wildman–Crippen MR) is 80.8 cm³/mol. The van der Waals surface area contributed by atoms with E-state index >= 15 is 0 Å². The summed E-state index contributed by atoms with van der Waals surface area (Å²) in [4.78, 5) is 4.64. The average molecular weight is 270 g/mol. The molecule has 1 fully saturated rings. The van der Waals surface area contributed by atoms with Crippen molar-refractivity contribution in [3.63, 3.8) is 0 Å². The number of anilines is 1. The monoisotopic (exact) mass is 270 g/mol. The van der Waals surface area contributed by atoms with Crippen LogP contribution in [0.4, 0.5) is 5.69 Å². The van der Waals surface area contributed by atoms with Gasteiger partial charge in [0.15, 0.2) is 5.82 Å². The minimum atomic E-state index is 0.599. The molecule has 3 rings (SSSR count). The predicted octanol–water partition coefficient (Wildman–Crippen LogP) is 3.51. The third kappa shape index (κ3) is 3.38. The summed E-state index contributed by atoms with van der Waals surface area (Å²) in [6.07, 6.45) is 7.19. The molecule has 4 heteroatoms. The molecule has 1 aromatic carbocycles. The first-order chi connectivity index (χ1) is 9.92. The lowest BCUT2D eigenvalue weighted by Crippen LogP contribution is -2.03. The zero-order chi connectivity index (χ0) is 13.6. The molecule has 0 aliphatic heterocycles. The van der Waals surface area contributed by atoms with Crippen molar-refractivity contribution in [1.29, 1.82) is 0 Å². The van der Waals surface area contributed by atoms with Crippen LogP contribution in [-0.2, 0) is 6.42 Å². The van der Waals surface area contributed by atoms with E-state index < -0.39 is 0 Å². The van der Waals surface area contributed by atoms with Crippen LogP contribution in [0.1, 0.15) is 49.7 Å². The summed E-state index contributed by atoms with van der Waals surface area (Å²) in [5.74, 6) is 2.66. The summed E-state index contributed by atoms with van der Waals surface area (Å²) < 4.78 is 0. The molecule has 1 aliphatic carbocycles. The van der Waals surface area contributed by atoms with Gasteiger partial charge in [-0.2, -0.15) is 5.10 Å². The van der Waals surface area contributed by atoms with Crippen LogP contribution in [0.15, 0.2) is 30.3 Å². The highest BCUT2D eigenvalue weighted by molar-refractivity contribution is 5.42. The molecule has 0 saturated heterocycles. The lowest BCUT2D eigenvalue weighted by Gasteiger charge is -2.04. The average Bonchev–Trinajstić information content (AvgIpc) is 3.15. The second-order valence-electron chi connectivity index (χ2n) is 5.52. The van der Waals surface area contributed by atoms with Crippen LogP contribution in [0.5, 0.6) is 0 Å². The molecule has 1 aliphatic rings. The van der Waals surface area contributed by atoms with E-state index in [9.17, 15) is 0 Å². The first-order valence-electron chi connectivity index (χ1n) is 7.62. The molecule has 0 amide bonds. The minimum absolute atomic E-state index is 0.599. The van der Waals surface area contributed by atoms with E-state index in [4.69, 9.17) is 0 Å². The number of nitrogens with one attached hydrogen (secondary N) is 2. The van der Waals surface area contributed by atoms with Crippen molar-refractivity contribution >= 4 is 5.69 Å². The van der Waals surface area contributed by atoms with Crippen molar-refractivity contribution in [1.82, 2.24) is 15.2 Å². The molecule has 4 nitrogen and oxygen atoms in total. The Morgan fingerprint density at radius 3 is 2.75 bits per heavy atom. The summed E-state index contributed by atoms with van der Waals surface area (Å²) >= 11 is 0. The van der Waals surface area contributed by atoms with E-state index in [1.165, 1.54) is 31.4 Å². The highest BCUT2D eigenvalue weighted by Gasteiger charge is 2.20. The number of aryl methyl sites for hydroxylation is 1. The first-order valence-corrected chi connectivity index (χ1v) is 7.62. The minimum Gasteiger partial charge on any atom is -0.385 e. The van der Waals surface area contributed by atoms with Crippen molar-refractivity contribution in [3.8, 4) is 0 Å². The maximum absolute atomic E-state index is 4.64. The van der Waals surface area contributed by atoms with E-state index in [-0.39, 0.29) is 0 Å². The van der Waals surface area contributed by atoms with Gasteiger partial charge in [-0.15, -0.1) is 0 Å². The molecule has 0 bridgehead atoms. The van der Waals surface area contributed by atoms with Crippen molar-refractivity contribution in [2.45, 2.75) is 44.4 Å². The number of H-pyrrole nitrogens is 1. The standard InChI is InChI=1S/C16H22N4/c1-2-9-14(10-3-1)17-12-6-11-15-18-16(20-19-15)13-7-4-5-8-13/h1-3,9-10,13,17H,4-8,11-12H2,(H,18,19,20). The van der Waals surface area contributed by atoms with Gasteiger partial charge in [0.2, 0.25) is 0 Å². The van der Waals surface area contributed by atoms with Crippen LogP contribution in [0.2, 0.25) is 0 Å². The fraction of sp³-hybridized carbons (Fsp3) is 0.500. The number of rotatable bonds is 6. The number of nitrogens with zero attached hydrogens (tertiary/aromatic N) is 2. The highest BCUT2D eigenvalue weighted by atomic mass is 15.2. The second-order valence-corrected chi connectivity index (χ2v) is 5.52. The van der Waals surface area contributed by atoms with Gasteiger partial charge in [-0.25, -0.2) is 4.98 Å². The normalized spacial score (nSPS) is 15.6. The first kappa shape index (κ1) is 13.2. The quantitative estimate of drug-likeness (QED) is 0.790. The molecule has 2 N–H and O–H groups in total. The van der Waals surface area contributed by atoms with Crippen molar-refractivity contribution in [3.05, 3.63) is 42.0 Å². The summed E-state index contributed by atoms with van der Waals surface area (Å²) in [5, 5.41) is 10.9. The van der Waals surface area contributed by atoms with Gasteiger partial charge in [-0.05, 0) is 31.4 Å². The van der Waals surface area contributed by atoms with Gasteiger partial charge in [-0.3, -0.25) is 5.10 Å². The van der Waals surface area contributed by atoms with E-state index in [2.05, 4.69) is 32.6 Å². The third-order valence-electron chi connectivity index (χ3n) is 3.96. The Bertz CT molecular complexity index is 514. The largest absolute Gasteiger partial charge is 0.385 e. The Kier molecular flexibility index (Phi) is 4.31. The molecule has 20 heavy (non-hydrogen) atoms. The van der Waals surface area contributed by atoms with Crippen LogP contribution in [0.3, 0.4) is 0 Å². The molecule has 1 aromatic heterocycles. The van der Waals surface area contributed by atoms with Crippen molar-refractivity contribution in [2.75, 3.05) is 11.9 Å². The molecule has 2 aromatic rings. The second kappa shape index (κ2) is 6.55. The van der Waals surface area contributed by atoms with Gasteiger partial charge in [0, 0.05) is 24.6 Å². The van der Waals surface area contributed by atoms with E-state index in [0.29, 0.717) is 5.92 Å². The Hall–Kier alpha value is -1.84. The lowest BCUT2D eigenvalue weighted by atomic mass is 10.1. The maximum atomic E-state index is 4.64. The number of hydrogen-bond donors (Lipinski definition) is 2. The Morgan fingerprint density at radius 2 is 1.95 bits per heavy atom. The molecular weight excluding hydrogens is 248 g/mol. The molecule has 1 saturated carbocycles. The van der Waals surface area contributed by atoms with E-state index in [0.717, 1.165) is 31.0 Å². The van der Waals surface area contributed by atoms with Crippen LogP contribution in [0, 0.1) is 0 Å². The molecule has 0 atom stereocenters. The maximum Gasteiger partial charge on any atom is 0.153 e. The molecule has 106 valence electrons.